The highest BCUT2D eigenvalue weighted by molar-refractivity contribution is 9.10. The predicted octanol–water partition coefficient (Wildman–Crippen LogP) is 5.44. The van der Waals surface area contributed by atoms with E-state index in [1.54, 1.807) is 19.2 Å². The zero-order valence-corrected chi connectivity index (χ0v) is 19.1. The number of hydrogen-bond acceptors (Lipinski definition) is 5. The molecule has 156 valence electrons. The molecule has 0 unspecified atom stereocenters. The van der Waals surface area contributed by atoms with E-state index in [-0.39, 0.29) is 11.7 Å². The monoisotopic (exact) mass is 494 g/mol. The fraction of sp³-hybridized carbons (Fsp3) is 0.0870. The van der Waals surface area contributed by atoms with Crippen LogP contribution in [0.1, 0.15) is 0 Å². The van der Waals surface area contributed by atoms with Gasteiger partial charge in [0, 0.05) is 15.7 Å². The summed E-state index contributed by atoms with van der Waals surface area (Å²) in [5.74, 6) is 1.36. The Bertz CT molecular complexity index is 1180. The average Bonchev–Trinajstić information content (AvgIpc) is 3.23. The summed E-state index contributed by atoms with van der Waals surface area (Å²) in [7, 11) is 1.58. The topological polar surface area (TPSA) is 69.0 Å². The summed E-state index contributed by atoms with van der Waals surface area (Å²) in [5.41, 5.74) is 2.50. The number of nitrogens with zero attached hydrogens (tertiary/aromatic N) is 3. The average molecular weight is 495 g/mol. The van der Waals surface area contributed by atoms with E-state index in [2.05, 4.69) is 31.4 Å². The third kappa shape index (κ3) is 4.98. The molecule has 6 nitrogen and oxygen atoms in total. The van der Waals surface area contributed by atoms with Crippen molar-refractivity contribution in [3.05, 3.63) is 83.3 Å². The molecule has 1 N–H and O–H groups in total. The number of para-hydroxylation sites is 3. The second-order valence-electron chi connectivity index (χ2n) is 6.52. The summed E-state index contributed by atoms with van der Waals surface area (Å²) < 4.78 is 8.25. The molecule has 1 heterocycles. The van der Waals surface area contributed by atoms with Gasteiger partial charge >= 0.3 is 0 Å². The minimum Gasteiger partial charge on any atom is -0.495 e. The first-order valence-electron chi connectivity index (χ1n) is 9.48. The molecule has 4 rings (SSSR count). The lowest BCUT2D eigenvalue weighted by Crippen LogP contribution is -2.15. The molecule has 0 bridgehead atoms. The number of anilines is 1. The van der Waals surface area contributed by atoms with E-state index in [0.29, 0.717) is 22.4 Å². The first-order chi connectivity index (χ1) is 15.2. The zero-order valence-electron chi connectivity index (χ0n) is 16.7. The number of hydrogen-bond donors (Lipinski definition) is 1. The van der Waals surface area contributed by atoms with Crippen LogP contribution in [-0.4, -0.2) is 33.5 Å². The maximum atomic E-state index is 12.6. The van der Waals surface area contributed by atoms with Crippen molar-refractivity contribution in [1.82, 2.24) is 14.8 Å². The minimum absolute atomic E-state index is 0.151. The highest BCUT2D eigenvalue weighted by atomic mass is 79.9. The van der Waals surface area contributed by atoms with Crippen LogP contribution in [0.3, 0.4) is 0 Å². The van der Waals surface area contributed by atoms with Gasteiger partial charge in [0.25, 0.3) is 0 Å². The third-order valence-electron chi connectivity index (χ3n) is 4.46. The number of amides is 1. The van der Waals surface area contributed by atoms with Crippen LogP contribution in [-0.2, 0) is 4.79 Å². The number of methoxy groups -OCH3 is 1. The van der Waals surface area contributed by atoms with Gasteiger partial charge in [-0.3, -0.25) is 9.36 Å². The van der Waals surface area contributed by atoms with Gasteiger partial charge in [-0.2, -0.15) is 0 Å². The Kier molecular flexibility index (Phi) is 6.69. The van der Waals surface area contributed by atoms with Gasteiger partial charge in [0.1, 0.15) is 5.75 Å². The van der Waals surface area contributed by atoms with Crippen LogP contribution in [0.15, 0.2) is 88.5 Å². The van der Waals surface area contributed by atoms with Crippen molar-refractivity contribution in [3.63, 3.8) is 0 Å². The van der Waals surface area contributed by atoms with Crippen LogP contribution in [0.4, 0.5) is 5.69 Å². The molecule has 0 aliphatic heterocycles. The molecule has 0 atom stereocenters. The number of ether oxygens (including phenoxy) is 1. The van der Waals surface area contributed by atoms with Crippen molar-refractivity contribution in [2.45, 2.75) is 5.16 Å². The second-order valence-corrected chi connectivity index (χ2v) is 8.38. The van der Waals surface area contributed by atoms with E-state index in [9.17, 15) is 4.79 Å². The molecular formula is C23H19BrN4O2S. The Balaban J connectivity index is 1.58. The van der Waals surface area contributed by atoms with Crippen LogP contribution in [0.5, 0.6) is 5.75 Å². The SMILES string of the molecule is COc1ccccc1NC(=O)CSc1nnc(-c2ccc(Br)cc2)n1-c1ccccc1. The van der Waals surface area contributed by atoms with Crippen molar-refractivity contribution in [2.75, 3.05) is 18.2 Å². The van der Waals surface area contributed by atoms with E-state index < -0.39 is 0 Å². The standard InChI is InChI=1S/C23H19BrN4O2S/c1-30-20-10-6-5-9-19(20)25-21(29)15-31-23-27-26-22(16-11-13-17(24)14-12-16)28(23)18-7-3-2-4-8-18/h2-14H,15H2,1H3,(H,25,29). The van der Waals surface area contributed by atoms with Crippen LogP contribution < -0.4 is 10.1 Å². The molecule has 0 saturated carbocycles. The number of benzene rings is 3. The van der Waals surface area contributed by atoms with Crippen LogP contribution in [0, 0.1) is 0 Å². The molecule has 0 aliphatic rings. The van der Waals surface area contributed by atoms with E-state index in [1.165, 1.54) is 11.8 Å². The molecular weight excluding hydrogens is 476 g/mol. The smallest absolute Gasteiger partial charge is 0.234 e. The van der Waals surface area contributed by atoms with E-state index in [4.69, 9.17) is 4.74 Å². The predicted molar refractivity (Wildman–Crippen MR) is 127 cm³/mol. The summed E-state index contributed by atoms with van der Waals surface area (Å²) in [4.78, 5) is 12.6. The van der Waals surface area contributed by atoms with Gasteiger partial charge in [-0.1, -0.05) is 70.2 Å². The molecule has 3 aromatic carbocycles. The van der Waals surface area contributed by atoms with Gasteiger partial charge in [0.15, 0.2) is 11.0 Å². The number of carbonyl (C=O) groups is 1. The fourth-order valence-electron chi connectivity index (χ4n) is 3.02. The Morgan fingerprint density at radius 3 is 2.45 bits per heavy atom. The fourth-order valence-corrected chi connectivity index (χ4v) is 4.04. The molecule has 1 aromatic heterocycles. The third-order valence-corrected chi connectivity index (χ3v) is 5.92. The van der Waals surface area contributed by atoms with Gasteiger partial charge in [0.2, 0.25) is 5.91 Å². The first-order valence-corrected chi connectivity index (χ1v) is 11.3. The van der Waals surface area contributed by atoms with Gasteiger partial charge in [-0.25, -0.2) is 0 Å². The van der Waals surface area contributed by atoms with Gasteiger partial charge in [0.05, 0.1) is 18.6 Å². The number of aromatic nitrogens is 3. The van der Waals surface area contributed by atoms with E-state index >= 15 is 0 Å². The number of rotatable bonds is 7. The quantitative estimate of drug-likeness (QED) is 0.346. The van der Waals surface area contributed by atoms with Crippen molar-refractivity contribution >= 4 is 39.3 Å². The molecule has 0 spiro atoms. The van der Waals surface area contributed by atoms with Crippen molar-refractivity contribution in [2.24, 2.45) is 0 Å². The van der Waals surface area contributed by atoms with Crippen molar-refractivity contribution in [1.29, 1.82) is 0 Å². The lowest BCUT2D eigenvalue weighted by atomic mass is 10.2. The Labute approximate surface area is 192 Å². The number of nitrogens with one attached hydrogen (secondary N) is 1. The van der Waals surface area contributed by atoms with Crippen molar-refractivity contribution in [3.8, 4) is 22.8 Å². The lowest BCUT2D eigenvalue weighted by Gasteiger charge is -2.11. The van der Waals surface area contributed by atoms with Gasteiger partial charge in [-0.05, 0) is 36.4 Å². The minimum atomic E-state index is -0.151. The lowest BCUT2D eigenvalue weighted by molar-refractivity contribution is -0.113. The molecule has 1 amide bonds. The molecule has 0 radical (unpaired) electrons. The van der Waals surface area contributed by atoms with Crippen molar-refractivity contribution < 1.29 is 9.53 Å². The zero-order chi connectivity index (χ0) is 21.6. The molecule has 8 heteroatoms. The summed E-state index contributed by atoms with van der Waals surface area (Å²) in [6, 6.07) is 25.1. The maximum absolute atomic E-state index is 12.6. The Morgan fingerprint density at radius 1 is 1.00 bits per heavy atom. The van der Waals surface area contributed by atoms with E-state index in [1.807, 2.05) is 71.3 Å². The number of halogens is 1. The summed E-state index contributed by atoms with van der Waals surface area (Å²) in [6.45, 7) is 0. The molecule has 0 fully saturated rings. The highest BCUT2D eigenvalue weighted by Crippen LogP contribution is 2.29. The maximum Gasteiger partial charge on any atom is 0.234 e. The summed E-state index contributed by atoms with van der Waals surface area (Å²) in [6.07, 6.45) is 0. The van der Waals surface area contributed by atoms with Gasteiger partial charge in [-0.15, -0.1) is 10.2 Å². The van der Waals surface area contributed by atoms with Crippen LogP contribution in [0.25, 0.3) is 17.1 Å². The highest BCUT2D eigenvalue weighted by Gasteiger charge is 2.17. The molecule has 0 saturated heterocycles. The molecule has 0 aliphatic carbocycles. The van der Waals surface area contributed by atoms with E-state index in [0.717, 1.165) is 15.7 Å². The second kappa shape index (κ2) is 9.80. The largest absolute Gasteiger partial charge is 0.495 e. The first kappa shape index (κ1) is 21.1. The normalized spacial score (nSPS) is 10.6. The van der Waals surface area contributed by atoms with Crippen LogP contribution >= 0.6 is 27.7 Å². The molecule has 31 heavy (non-hydrogen) atoms. The summed E-state index contributed by atoms with van der Waals surface area (Å²) in [5, 5.41) is 12.3. The Morgan fingerprint density at radius 2 is 1.71 bits per heavy atom. The Hall–Kier alpha value is -3.10. The summed E-state index contributed by atoms with van der Waals surface area (Å²) >= 11 is 4.79. The van der Waals surface area contributed by atoms with Crippen LogP contribution in [0.2, 0.25) is 0 Å². The number of carbonyl (C=O) groups excluding carboxylic acids is 1. The number of thioether (sulfide) groups is 1. The molecule has 4 aromatic rings. The van der Waals surface area contributed by atoms with Gasteiger partial charge < -0.3 is 10.1 Å².